The van der Waals surface area contributed by atoms with Gasteiger partial charge in [0.25, 0.3) is 6.43 Å². The minimum atomic E-state index is -2.45. The second-order valence-electron chi connectivity index (χ2n) is 4.19. The molecule has 0 saturated carbocycles. The first-order valence-corrected chi connectivity index (χ1v) is 6.39. The average Bonchev–Trinajstić information content (AvgIpc) is 2.47. The summed E-state index contributed by atoms with van der Waals surface area (Å²) in [7, 11) is 0. The zero-order chi connectivity index (χ0) is 14.4. The van der Waals surface area contributed by atoms with E-state index < -0.39 is 6.43 Å². The molecule has 2 aromatic rings. The Morgan fingerprint density at radius 1 is 1.25 bits per heavy atom. The number of alkyl halides is 2. The van der Waals surface area contributed by atoms with Gasteiger partial charge in [0.05, 0.1) is 12.3 Å². The molecular weight excluding hydrogens is 262 g/mol. The van der Waals surface area contributed by atoms with Gasteiger partial charge >= 0.3 is 0 Å². The summed E-state index contributed by atoms with van der Waals surface area (Å²) < 4.78 is 30.6. The molecule has 0 unspecified atom stereocenters. The molecule has 0 aliphatic carbocycles. The van der Waals surface area contributed by atoms with Crippen LogP contribution in [0.2, 0.25) is 0 Å². The van der Waals surface area contributed by atoms with Gasteiger partial charge in [0.2, 0.25) is 5.88 Å². The minimum Gasteiger partial charge on any atom is -0.476 e. The monoisotopic (exact) mass is 278 g/mol. The van der Waals surface area contributed by atoms with Gasteiger partial charge in [-0.25, -0.2) is 13.8 Å². The molecule has 0 bridgehead atoms. The standard InChI is InChI=1S/C15H16F2N2O/c1-2-20-15-13(7-4-8-18-15)19-10-11-5-3-6-12(9-11)14(16)17/h3-9,14,19H,2,10H2,1H3. The van der Waals surface area contributed by atoms with E-state index in [1.54, 1.807) is 24.4 Å². The molecular formula is C15H16F2N2O. The highest BCUT2D eigenvalue weighted by Crippen LogP contribution is 2.23. The van der Waals surface area contributed by atoms with Gasteiger partial charge in [-0.15, -0.1) is 0 Å². The van der Waals surface area contributed by atoms with Crippen LogP contribution >= 0.6 is 0 Å². The van der Waals surface area contributed by atoms with Crippen molar-refractivity contribution in [3.63, 3.8) is 0 Å². The second-order valence-corrected chi connectivity index (χ2v) is 4.19. The van der Waals surface area contributed by atoms with E-state index in [4.69, 9.17) is 4.74 Å². The Labute approximate surface area is 116 Å². The van der Waals surface area contributed by atoms with E-state index in [0.717, 1.165) is 11.3 Å². The van der Waals surface area contributed by atoms with Gasteiger partial charge in [0.15, 0.2) is 0 Å². The first kappa shape index (κ1) is 14.2. The lowest BCUT2D eigenvalue weighted by Gasteiger charge is -2.11. The fourth-order valence-electron chi connectivity index (χ4n) is 1.81. The Morgan fingerprint density at radius 3 is 2.85 bits per heavy atom. The van der Waals surface area contributed by atoms with E-state index in [9.17, 15) is 8.78 Å². The molecule has 1 heterocycles. The summed E-state index contributed by atoms with van der Waals surface area (Å²) in [4.78, 5) is 4.12. The van der Waals surface area contributed by atoms with Gasteiger partial charge in [0.1, 0.15) is 0 Å². The largest absolute Gasteiger partial charge is 0.476 e. The number of hydrogen-bond acceptors (Lipinski definition) is 3. The van der Waals surface area contributed by atoms with Crippen LogP contribution in [0, 0.1) is 0 Å². The minimum absolute atomic E-state index is 0.0283. The van der Waals surface area contributed by atoms with Gasteiger partial charge in [0, 0.05) is 18.3 Å². The molecule has 1 N–H and O–H groups in total. The van der Waals surface area contributed by atoms with Crippen molar-refractivity contribution in [2.24, 2.45) is 0 Å². The lowest BCUT2D eigenvalue weighted by molar-refractivity contribution is 0.151. The maximum absolute atomic E-state index is 12.6. The van der Waals surface area contributed by atoms with Crippen LogP contribution in [0.15, 0.2) is 42.6 Å². The summed E-state index contributed by atoms with van der Waals surface area (Å²) in [6.45, 7) is 2.84. The van der Waals surface area contributed by atoms with E-state index in [1.807, 2.05) is 13.0 Å². The molecule has 0 saturated heterocycles. The molecule has 0 aliphatic heterocycles. The topological polar surface area (TPSA) is 34.1 Å². The molecule has 0 radical (unpaired) electrons. The second kappa shape index (κ2) is 6.84. The molecule has 0 aliphatic rings. The molecule has 0 amide bonds. The summed E-state index contributed by atoms with van der Waals surface area (Å²) in [5.74, 6) is 0.514. The highest BCUT2D eigenvalue weighted by molar-refractivity contribution is 5.52. The number of nitrogens with one attached hydrogen (secondary N) is 1. The molecule has 0 spiro atoms. The molecule has 1 aromatic heterocycles. The molecule has 2 rings (SSSR count). The summed E-state index contributed by atoms with van der Waals surface area (Å²) in [5, 5.41) is 3.15. The Bertz CT molecular complexity index is 561. The fourth-order valence-corrected chi connectivity index (χ4v) is 1.81. The van der Waals surface area contributed by atoms with Gasteiger partial charge in [-0.1, -0.05) is 18.2 Å². The van der Waals surface area contributed by atoms with Crippen LogP contribution in [-0.4, -0.2) is 11.6 Å². The van der Waals surface area contributed by atoms with E-state index in [0.29, 0.717) is 19.0 Å². The lowest BCUT2D eigenvalue weighted by Crippen LogP contribution is -2.04. The van der Waals surface area contributed by atoms with Crippen molar-refractivity contribution in [2.75, 3.05) is 11.9 Å². The molecule has 106 valence electrons. The van der Waals surface area contributed by atoms with Crippen molar-refractivity contribution in [1.82, 2.24) is 4.98 Å². The molecule has 3 nitrogen and oxygen atoms in total. The molecule has 0 atom stereocenters. The van der Waals surface area contributed by atoms with Gasteiger partial charge < -0.3 is 10.1 Å². The fraction of sp³-hybridized carbons (Fsp3) is 0.267. The van der Waals surface area contributed by atoms with Crippen molar-refractivity contribution in [2.45, 2.75) is 19.9 Å². The highest BCUT2D eigenvalue weighted by Gasteiger charge is 2.08. The van der Waals surface area contributed by atoms with Crippen LogP contribution in [-0.2, 0) is 6.54 Å². The highest BCUT2D eigenvalue weighted by atomic mass is 19.3. The first-order chi connectivity index (χ1) is 9.70. The van der Waals surface area contributed by atoms with E-state index >= 15 is 0 Å². The van der Waals surface area contributed by atoms with Gasteiger partial charge in [-0.05, 0) is 30.7 Å². The number of benzene rings is 1. The SMILES string of the molecule is CCOc1ncccc1NCc1cccc(C(F)F)c1. The van der Waals surface area contributed by atoms with Crippen LogP contribution in [0.25, 0.3) is 0 Å². The predicted molar refractivity (Wildman–Crippen MR) is 74.1 cm³/mol. The number of aromatic nitrogens is 1. The van der Waals surface area contributed by atoms with E-state index in [1.165, 1.54) is 12.1 Å². The maximum Gasteiger partial charge on any atom is 0.263 e. The van der Waals surface area contributed by atoms with Gasteiger partial charge in [-0.3, -0.25) is 0 Å². The Kier molecular flexibility index (Phi) is 4.87. The lowest BCUT2D eigenvalue weighted by atomic mass is 10.1. The predicted octanol–water partition coefficient (Wildman–Crippen LogP) is 4.03. The number of nitrogens with zero attached hydrogens (tertiary/aromatic N) is 1. The van der Waals surface area contributed by atoms with Crippen LogP contribution in [0.1, 0.15) is 24.5 Å². The Hall–Kier alpha value is -2.17. The van der Waals surface area contributed by atoms with Crippen molar-refractivity contribution in [3.05, 3.63) is 53.7 Å². The summed E-state index contributed by atoms with van der Waals surface area (Å²) in [6, 6.07) is 9.98. The quantitative estimate of drug-likeness (QED) is 0.866. The third-order valence-electron chi connectivity index (χ3n) is 2.74. The molecule has 0 fully saturated rings. The molecule has 5 heteroatoms. The van der Waals surface area contributed by atoms with Crippen LogP contribution in [0.3, 0.4) is 0 Å². The van der Waals surface area contributed by atoms with Crippen molar-refractivity contribution < 1.29 is 13.5 Å². The van der Waals surface area contributed by atoms with Crippen LogP contribution < -0.4 is 10.1 Å². The summed E-state index contributed by atoms with van der Waals surface area (Å²) in [6.07, 6.45) is -0.805. The molecule has 20 heavy (non-hydrogen) atoms. The van der Waals surface area contributed by atoms with Crippen molar-refractivity contribution in [3.8, 4) is 5.88 Å². The Morgan fingerprint density at radius 2 is 2.10 bits per heavy atom. The summed E-state index contributed by atoms with van der Waals surface area (Å²) in [5.41, 5.74) is 1.56. The zero-order valence-corrected chi connectivity index (χ0v) is 11.1. The zero-order valence-electron chi connectivity index (χ0n) is 11.1. The number of ether oxygens (including phenoxy) is 1. The van der Waals surface area contributed by atoms with E-state index in [2.05, 4.69) is 10.3 Å². The maximum atomic E-state index is 12.6. The first-order valence-electron chi connectivity index (χ1n) is 6.39. The number of rotatable bonds is 6. The van der Waals surface area contributed by atoms with Crippen molar-refractivity contribution >= 4 is 5.69 Å². The van der Waals surface area contributed by atoms with Crippen LogP contribution in [0.4, 0.5) is 14.5 Å². The number of anilines is 1. The number of pyridine rings is 1. The third-order valence-corrected chi connectivity index (χ3v) is 2.74. The third kappa shape index (κ3) is 3.66. The summed E-state index contributed by atoms with van der Waals surface area (Å²) >= 11 is 0. The van der Waals surface area contributed by atoms with Crippen LogP contribution in [0.5, 0.6) is 5.88 Å². The Balaban J connectivity index is 2.07. The normalized spacial score (nSPS) is 10.6. The smallest absolute Gasteiger partial charge is 0.263 e. The number of hydrogen-bond donors (Lipinski definition) is 1. The van der Waals surface area contributed by atoms with Gasteiger partial charge in [-0.2, -0.15) is 0 Å². The van der Waals surface area contributed by atoms with Crippen molar-refractivity contribution in [1.29, 1.82) is 0 Å². The number of halogens is 2. The molecule has 1 aromatic carbocycles. The van der Waals surface area contributed by atoms with E-state index in [-0.39, 0.29) is 5.56 Å². The average molecular weight is 278 g/mol.